The predicted octanol–water partition coefficient (Wildman–Crippen LogP) is 4.58. The molecule has 0 amide bonds. The van der Waals surface area contributed by atoms with E-state index in [1.807, 2.05) is 32.2 Å². The topological polar surface area (TPSA) is 24.9 Å². The van der Waals surface area contributed by atoms with Crippen molar-refractivity contribution >= 4 is 22.5 Å². The smallest absolute Gasteiger partial charge is 0.0705 e. The summed E-state index contributed by atoms with van der Waals surface area (Å²) in [6, 6.07) is 16.6. The molecule has 3 aromatic rings. The summed E-state index contributed by atoms with van der Waals surface area (Å²) in [4.78, 5) is 4.55. The lowest BCUT2D eigenvalue weighted by atomic mass is 9.98. The van der Waals surface area contributed by atoms with Gasteiger partial charge in [0.05, 0.1) is 5.52 Å². The molecule has 0 radical (unpaired) electrons. The summed E-state index contributed by atoms with van der Waals surface area (Å²) < 4.78 is 0. The molecule has 3 heteroatoms. The molecule has 1 N–H and O–H groups in total. The van der Waals surface area contributed by atoms with Crippen molar-refractivity contribution < 1.29 is 0 Å². The van der Waals surface area contributed by atoms with E-state index in [0.29, 0.717) is 0 Å². The van der Waals surface area contributed by atoms with Gasteiger partial charge in [-0.2, -0.15) is 0 Å². The molecule has 0 spiro atoms. The van der Waals surface area contributed by atoms with Crippen molar-refractivity contribution in [2.75, 3.05) is 7.05 Å². The molecule has 0 bridgehead atoms. The average molecular weight is 297 g/mol. The molecule has 1 aromatic heterocycles. The highest BCUT2D eigenvalue weighted by Gasteiger charge is 2.07. The number of fused-ring (bicyclic) bond motifs is 1. The Bertz CT molecular complexity index is 796. The van der Waals surface area contributed by atoms with Crippen LogP contribution >= 0.6 is 11.6 Å². The van der Waals surface area contributed by atoms with Crippen LogP contribution in [0.15, 0.2) is 48.5 Å². The lowest BCUT2D eigenvalue weighted by molar-refractivity contribution is 0.819. The van der Waals surface area contributed by atoms with Crippen LogP contribution in [0.3, 0.4) is 0 Å². The number of nitrogens with one attached hydrogen (secondary N) is 1. The predicted molar refractivity (Wildman–Crippen MR) is 89.7 cm³/mol. The van der Waals surface area contributed by atoms with E-state index >= 15 is 0 Å². The van der Waals surface area contributed by atoms with Crippen LogP contribution < -0.4 is 5.32 Å². The highest BCUT2D eigenvalue weighted by molar-refractivity contribution is 6.30. The Balaban J connectivity index is 2.13. The summed E-state index contributed by atoms with van der Waals surface area (Å²) in [5.74, 6) is 0. The Labute approximate surface area is 129 Å². The first-order valence-corrected chi connectivity index (χ1v) is 7.36. The maximum Gasteiger partial charge on any atom is 0.0705 e. The fraction of sp³-hybridized carbons (Fsp3) is 0.167. The van der Waals surface area contributed by atoms with E-state index in [-0.39, 0.29) is 0 Å². The van der Waals surface area contributed by atoms with Gasteiger partial charge in [-0.05, 0) is 61.0 Å². The van der Waals surface area contributed by atoms with Gasteiger partial charge in [0.15, 0.2) is 0 Å². The normalized spacial score (nSPS) is 11.0. The molecule has 21 heavy (non-hydrogen) atoms. The summed E-state index contributed by atoms with van der Waals surface area (Å²) in [5.41, 5.74) is 5.66. The van der Waals surface area contributed by atoms with Gasteiger partial charge in [-0.25, -0.2) is 0 Å². The van der Waals surface area contributed by atoms with E-state index in [2.05, 4.69) is 40.6 Å². The Morgan fingerprint density at radius 3 is 2.71 bits per heavy atom. The molecule has 0 aliphatic heterocycles. The van der Waals surface area contributed by atoms with Gasteiger partial charge in [0, 0.05) is 22.6 Å². The summed E-state index contributed by atoms with van der Waals surface area (Å²) in [6.07, 6.45) is 0. The second kappa shape index (κ2) is 5.84. The van der Waals surface area contributed by atoms with Gasteiger partial charge in [-0.3, -0.25) is 4.98 Å². The molecular formula is C18H17ClN2. The van der Waals surface area contributed by atoms with Crippen LogP contribution in [0, 0.1) is 6.92 Å². The van der Waals surface area contributed by atoms with Crippen molar-refractivity contribution in [1.29, 1.82) is 0 Å². The fourth-order valence-electron chi connectivity index (χ4n) is 2.58. The first-order chi connectivity index (χ1) is 10.2. The third-order valence-electron chi connectivity index (χ3n) is 3.57. The van der Waals surface area contributed by atoms with Gasteiger partial charge in [-0.15, -0.1) is 0 Å². The molecule has 2 nitrogen and oxygen atoms in total. The largest absolute Gasteiger partial charge is 0.316 e. The zero-order valence-electron chi connectivity index (χ0n) is 12.2. The SMILES string of the molecule is CNCc1cc(Cl)ccc1-c1ccc2nc(C)ccc2c1. The van der Waals surface area contributed by atoms with Crippen LogP contribution in [0.25, 0.3) is 22.0 Å². The molecule has 3 rings (SSSR count). The van der Waals surface area contributed by atoms with E-state index in [0.717, 1.165) is 28.2 Å². The first kappa shape index (κ1) is 14.1. The first-order valence-electron chi connectivity index (χ1n) is 6.98. The molecule has 1 heterocycles. The molecule has 0 aliphatic rings. The number of hydrogen-bond donors (Lipinski definition) is 1. The number of rotatable bonds is 3. The molecule has 0 aliphatic carbocycles. The Kier molecular flexibility index (Phi) is 3.91. The van der Waals surface area contributed by atoms with Crippen molar-refractivity contribution in [3.05, 3.63) is 64.8 Å². The number of pyridine rings is 1. The summed E-state index contributed by atoms with van der Waals surface area (Å²) in [7, 11) is 1.94. The molecule has 2 aromatic carbocycles. The summed E-state index contributed by atoms with van der Waals surface area (Å²) in [6.45, 7) is 2.80. The number of aryl methyl sites for hydroxylation is 1. The highest BCUT2D eigenvalue weighted by atomic mass is 35.5. The lowest BCUT2D eigenvalue weighted by Gasteiger charge is -2.11. The van der Waals surface area contributed by atoms with Crippen LogP contribution in [0.4, 0.5) is 0 Å². The van der Waals surface area contributed by atoms with E-state index in [1.54, 1.807) is 0 Å². The Morgan fingerprint density at radius 2 is 1.90 bits per heavy atom. The number of aromatic nitrogens is 1. The van der Waals surface area contributed by atoms with Crippen LogP contribution in [0.1, 0.15) is 11.3 Å². The number of halogens is 1. The second-order valence-electron chi connectivity index (χ2n) is 5.19. The lowest BCUT2D eigenvalue weighted by Crippen LogP contribution is -2.06. The van der Waals surface area contributed by atoms with Crippen LogP contribution in [-0.2, 0) is 6.54 Å². The van der Waals surface area contributed by atoms with E-state index < -0.39 is 0 Å². The fourth-order valence-corrected chi connectivity index (χ4v) is 2.77. The van der Waals surface area contributed by atoms with Gasteiger partial charge in [0.2, 0.25) is 0 Å². The third kappa shape index (κ3) is 2.92. The van der Waals surface area contributed by atoms with Gasteiger partial charge >= 0.3 is 0 Å². The molecular weight excluding hydrogens is 280 g/mol. The van der Waals surface area contributed by atoms with Gasteiger partial charge in [0.25, 0.3) is 0 Å². The van der Waals surface area contributed by atoms with Crippen molar-refractivity contribution in [1.82, 2.24) is 10.3 Å². The van der Waals surface area contributed by atoms with Crippen LogP contribution in [0.5, 0.6) is 0 Å². The molecule has 106 valence electrons. The Hall–Kier alpha value is -1.90. The number of hydrogen-bond acceptors (Lipinski definition) is 2. The standard InChI is InChI=1S/C18H17ClN2/c1-12-3-4-14-9-13(5-8-18(14)21-12)17-7-6-16(19)10-15(17)11-20-2/h3-10,20H,11H2,1-2H3. The zero-order chi connectivity index (χ0) is 14.8. The molecule has 0 saturated heterocycles. The Morgan fingerprint density at radius 1 is 1.05 bits per heavy atom. The molecule has 0 saturated carbocycles. The maximum absolute atomic E-state index is 6.11. The molecule has 0 unspecified atom stereocenters. The monoisotopic (exact) mass is 296 g/mol. The van der Waals surface area contributed by atoms with Crippen LogP contribution in [-0.4, -0.2) is 12.0 Å². The van der Waals surface area contributed by atoms with E-state index in [1.165, 1.54) is 16.7 Å². The maximum atomic E-state index is 6.11. The quantitative estimate of drug-likeness (QED) is 0.765. The van der Waals surface area contributed by atoms with Crippen molar-refractivity contribution in [2.24, 2.45) is 0 Å². The van der Waals surface area contributed by atoms with E-state index in [4.69, 9.17) is 11.6 Å². The minimum Gasteiger partial charge on any atom is -0.316 e. The second-order valence-corrected chi connectivity index (χ2v) is 5.63. The summed E-state index contributed by atoms with van der Waals surface area (Å²) >= 11 is 6.11. The number of benzene rings is 2. The van der Waals surface area contributed by atoms with Crippen molar-refractivity contribution in [2.45, 2.75) is 13.5 Å². The number of nitrogens with zero attached hydrogens (tertiary/aromatic N) is 1. The minimum atomic E-state index is 0.766. The summed E-state index contributed by atoms with van der Waals surface area (Å²) in [5, 5.41) is 5.12. The highest BCUT2D eigenvalue weighted by Crippen LogP contribution is 2.29. The van der Waals surface area contributed by atoms with Gasteiger partial charge < -0.3 is 5.32 Å². The van der Waals surface area contributed by atoms with Crippen molar-refractivity contribution in [3.63, 3.8) is 0 Å². The third-order valence-corrected chi connectivity index (χ3v) is 3.81. The minimum absolute atomic E-state index is 0.766. The zero-order valence-corrected chi connectivity index (χ0v) is 12.9. The average Bonchev–Trinajstić information content (AvgIpc) is 2.47. The van der Waals surface area contributed by atoms with Gasteiger partial charge in [0.1, 0.15) is 0 Å². The van der Waals surface area contributed by atoms with Crippen LogP contribution in [0.2, 0.25) is 5.02 Å². The van der Waals surface area contributed by atoms with E-state index in [9.17, 15) is 0 Å². The molecule has 0 atom stereocenters. The molecule has 0 fully saturated rings. The van der Waals surface area contributed by atoms with Crippen molar-refractivity contribution in [3.8, 4) is 11.1 Å². The van der Waals surface area contributed by atoms with Gasteiger partial charge in [-0.1, -0.05) is 29.8 Å².